The fourth-order valence-corrected chi connectivity index (χ4v) is 2.05. The van der Waals surface area contributed by atoms with Crippen LogP contribution in [0, 0.1) is 0 Å². The van der Waals surface area contributed by atoms with Gasteiger partial charge in [0.2, 0.25) is 5.91 Å². The molecule has 0 spiro atoms. The second-order valence-corrected chi connectivity index (χ2v) is 3.84. The van der Waals surface area contributed by atoms with Gasteiger partial charge in [-0.15, -0.1) is 0 Å². The van der Waals surface area contributed by atoms with E-state index < -0.39 is 0 Å². The number of benzene rings is 1. The Balaban J connectivity index is 2.12. The molecule has 1 aromatic rings. The van der Waals surface area contributed by atoms with Gasteiger partial charge in [-0.3, -0.25) is 9.59 Å². The molecule has 0 radical (unpaired) electrons. The zero-order valence-corrected chi connectivity index (χ0v) is 8.06. The molecule has 0 aliphatic carbocycles. The Hall–Kier alpha value is -1.84. The van der Waals surface area contributed by atoms with E-state index in [1.165, 1.54) is 0 Å². The van der Waals surface area contributed by atoms with E-state index >= 15 is 0 Å². The number of nitrogens with zero attached hydrogens (tertiary/aromatic N) is 1. The Morgan fingerprint density at radius 2 is 2.07 bits per heavy atom. The number of rotatable bonds is 0. The second-order valence-electron chi connectivity index (χ2n) is 3.84. The largest absolute Gasteiger partial charge is 0.326 e. The van der Waals surface area contributed by atoms with Crippen LogP contribution in [0.2, 0.25) is 0 Å². The number of hydrogen-bond donors (Lipinski definition) is 1. The summed E-state index contributed by atoms with van der Waals surface area (Å²) in [5.41, 5.74) is 1.22. The highest BCUT2D eigenvalue weighted by Gasteiger charge is 2.41. The van der Waals surface area contributed by atoms with Crippen molar-refractivity contribution in [1.29, 1.82) is 0 Å². The van der Waals surface area contributed by atoms with Crippen molar-refractivity contribution in [3.8, 4) is 0 Å². The second kappa shape index (κ2) is 2.82. The first-order valence-corrected chi connectivity index (χ1v) is 4.98. The van der Waals surface area contributed by atoms with Crippen LogP contribution in [0.4, 0.5) is 5.69 Å². The predicted molar refractivity (Wildman–Crippen MR) is 54.5 cm³/mol. The molecule has 1 fully saturated rings. The van der Waals surface area contributed by atoms with E-state index in [2.05, 4.69) is 5.32 Å². The summed E-state index contributed by atoms with van der Waals surface area (Å²) in [5.74, 6) is -0.111. The zero-order valence-electron chi connectivity index (χ0n) is 8.06. The molecule has 4 heteroatoms. The maximum atomic E-state index is 12.0. The first-order chi connectivity index (χ1) is 7.27. The summed E-state index contributed by atoms with van der Waals surface area (Å²) in [6.07, 6.45) is 0.769. The lowest BCUT2D eigenvalue weighted by Gasteiger charge is -2.37. The third kappa shape index (κ3) is 1.08. The van der Waals surface area contributed by atoms with Crippen molar-refractivity contribution in [2.45, 2.75) is 12.5 Å². The zero-order chi connectivity index (χ0) is 10.4. The topological polar surface area (TPSA) is 49.4 Å². The Morgan fingerprint density at radius 1 is 1.27 bits per heavy atom. The first kappa shape index (κ1) is 8.47. The number of carbonyl (C=O) groups is 2. The minimum Gasteiger partial charge on any atom is -0.326 e. The molecule has 1 saturated heterocycles. The molecule has 1 N–H and O–H groups in total. The van der Waals surface area contributed by atoms with Gasteiger partial charge in [-0.25, -0.2) is 0 Å². The third-order valence-corrected chi connectivity index (χ3v) is 3.00. The molecule has 76 valence electrons. The van der Waals surface area contributed by atoms with Crippen LogP contribution >= 0.6 is 0 Å². The minimum atomic E-state index is -0.259. The van der Waals surface area contributed by atoms with Crippen LogP contribution < -0.4 is 5.32 Å². The van der Waals surface area contributed by atoms with Crippen molar-refractivity contribution in [1.82, 2.24) is 4.90 Å². The lowest BCUT2D eigenvalue weighted by atomic mass is 10.0. The van der Waals surface area contributed by atoms with Crippen molar-refractivity contribution in [3.05, 3.63) is 29.8 Å². The van der Waals surface area contributed by atoms with Crippen molar-refractivity contribution < 1.29 is 9.59 Å². The molecule has 0 aromatic heterocycles. The van der Waals surface area contributed by atoms with E-state index in [-0.39, 0.29) is 17.9 Å². The van der Waals surface area contributed by atoms with Gasteiger partial charge < -0.3 is 10.2 Å². The molecule has 2 heterocycles. The lowest BCUT2D eigenvalue weighted by molar-refractivity contribution is -0.123. The summed E-state index contributed by atoms with van der Waals surface area (Å²) in [6, 6.07) is 6.87. The van der Waals surface area contributed by atoms with Gasteiger partial charge in [-0.1, -0.05) is 12.1 Å². The van der Waals surface area contributed by atoms with Gasteiger partial charge in [0.1, 0.15) is 6.04 Å². The van der Waals surface area contributed by atoms with Crippen molar-refractivity contribution in [2.24, 2.45) is 0 Å². The SMILES string of the molecule is O=C1Nc2ccccc2C(=O)N2CCC12. The summed E-state index contributed by atoms with van der Waals surface area (Å²) < 4.78 is 0. The number of carbonyl (C=O) groups excluding carboxylic acids is 2. The molecule has 2 amide bonds. The van der Waals surface area contributed by atoms with E-state index in [1.54, 1.807) is 17.0 Å². The van der Waals surface area contributed by atoms with Crippen LogP contribution in [-0.2, 0) is 4.79 Å². The first-order valence-electron chi connectivity index (χ1n) is 4.98. The normalized spacial score (nSPS) is 23.5. The molecule has 1 unspecified atom stereocenters. The van der Waals surface area contributed by atoms with Crippen LogP contribution in [0.25, 0.3) is 0 Å². The van der Waals surface area contributed by atoms with E-state index in [0.717, 1.165) is 6.42 Å². The number of amides is 2. The maximum absolute atomic E-state index is 12.0. The summed E-state index contributed by atoms with van der Waals surface area (Å²) >= 11 is 0. The smallest absolute Gasteiger partial charge is 0.256 e. The van der Waals surface area contributed by atoms with Gasteiger partial charge in [0.25, 0.3) is 5.91 Å². The van der Waals surface area contributed by atoms with Gasteiger partial charge in [-0.2, -0.15) is 0 Å². The van der Waals surface area contributed by atoms with Gasteiger partial charge in [0.05, 0.1) is 11.3 Å². The minimum absolute atomic E-state index is 0.0415. The Kier molecular flexibility index (Phi) is 1.59. The van der Waals surface area contributed by atoms with Crippen LogP contribution in [0.1, 0.15) is 16.8 Å². The highest BCUT2D eigenvalue weighted by atomic mass is 16.2. The fraction of sp³-hybridized carbons (Fsp3) is 0.273. The maximum Gasteiger partial charge on any atom is 0.256 e. The van der Waals surface area contributed by atoms with Crippen LogP contribution in [0.3, 0.4) is 0 Å². The number of nitrogens with one attached hydrogen (secondary N) is 1. The lowest BCUT2D eigenvalue weighted by Crippen LogP contribution is -2.55. The molecule has 1 aromatic carbocycles. The quantitative estimate of drug-likeness (QED) is 0.678. The van der Waals surface area contributed by atoms with E-state index in [4.69, 9.17) is 0 Å². The van der Waals surface area contributed by atoms with Gasteiger partial charge in [0, 0.05) is 6.54 Å². The van der Waals surface area contributed by atoms with Gasteiger partial charge in [0.15, 0.2) is 0 Å². The number of hydrogen-bond acceptors (Lipinski definition) is 2. The van der Waals surface area contributed by atoms with Crippen LogP contribution in [0.15, 0.2) is 24.3 Å². The predicted octanol–water partition coefficient (Wildman–Crippen LogP) is 0.853. The molecule has 2 aliphatic heterocycles. The molecule has 3 rings (SSSR count). The molecule has 4 nitrogen and oxygen atoms in total. The average Bonchev–Trinajstić information content (AvgIpc) is 2.21. The average molecular weight is 202 g/mol. The number of para-hydroxylation sites is 1. The Bertz CT molecular complexity index is 456. The van der Waals surface area contributed by atoms with Crippen molar-refractivity contribution >= 4 is 17.5 Å². The van der Waals surface area contributed by atoms with Gasteiger partial charge in [-0.05, 0) is 18.6 Å². The standard InChI is InChI=1S/C11H10N2O2/c14-10-9-5-6-13(9)11(15)7-3-1-2-4-8(7)12-10/h1-4,9H,5-6H2,(H,12,14). The summed E-state index contributed by atoms with van der Waals surface area (Å²) in [7, 11) is 0. The summed E-state index contributed by atoms with van der Waals surface area (Å²) in [6.45, 7) is 0.686. The summed E-state index contributed by atoms with van der Waals surface area (Å²) in [5, 5.41) is 2.78. The highest BCUT2D eigenvalue weighted by molar-refractivity contribution is 6.10. The molecular formula is C11H10N2O2. The molecular weight excluding hydrogens is 192 g/mol. The Morgan fingerprint density at radius 3 is 2.80 bits per heavy atom. The molecule has 2 aliphatic rings. The summed E-state index contributed by atoms with van der Waals surface area (Å²) in [4.78, 5) is 25.3. The number of anilines is 1. The molecule has 1 atom stereocenters. The van der Waals surface area contributed by atoms with E-state index in [9.17, 15) is 9.59 Å². The van der Waals surface area contributed by atoms with E-state index in [0.29, 0.717) is 17.8 Å². The van der Waals surface area contributed by atoms with E-state index in [1.807, 2.05) is 12.1 Å². The number of fused-ring (bicyclic) bond motifs is 2. The molecule has 0 bridgehead atoms. The fourth-order valence-electron chi connectivity index (χ4n) is 2.05. The monoisotopic (exact) mass is 202 g/mol. The third-order valence-electron chi connectivity index (χ3n) is 3.00. The van der Waals surface area contributed by atoms with Crippen molar-refractivity contribution in [3.63, 3.8) is 0 Å². The molecule has 15 heavy (non-hydrogen) atoms. The highest BCUT2D eigenvalue weighted by Crippen LogP contribution is 2.28. The van der Waals surface area contributed by atoms with Gasteiger partial charge >= 0.3 is 0 Å². The Labute approximate surface area is 86.9 Å². The molecule has 0 saturated carbocycles. The van der Waals surface area contributed by atoms with Crippen LogP contribution in [0.5, 0.6) is 0 Å². The van der Waals surface area contributed by atoms with Crippen LogP contribution in [-0.4, -0.2) is 29.3 Å². The van der Waals surface area contributed by atoms with Crippen molar-refractivity contribution in [2.75, 3.05) is 11.9 Å².